The van der Waals surface area contributed by atoms with E-state index in [2.05, 4.69) is 10.6 Å². The van der Waals surface area contributed by atoms with Gasteiger partial charge in [-0.25, -0.2) is 8.42 Å². The topological polar surface area (TPSA) is 109 Å². The molecule has 0 bridgehead atoms. The van der Waals surface area contributed by atoms with Crippen LogP contribution in [0.15, 0.2) is 45.9 Å². The van der Waals surface area contributed by atoms with Crippen LogP contribution in [0, 0.1) is 0 Å². The Bertz CT molecular complexity index is 940. The summed E-state index contributed by atoms with van der Waals surface area (Å²) in [4.78, 5) is 24.2. The lowest BCUT2D eigenvalue weighted by Crippen LogP contribution is -2.41. The molecular formula is C18H22ClN3O5S. The minimum Gasteiger partial charge on any atom is -0.459 e. The van der Waals surface area contributed by atoms with Gasteiger partial charge in [0, 0.05) is 18.8 Å². The fourth-order valence-electron chi connectivity index (χ4n) is 2.47. The van der Waals surface area contributed by atoms with E-state index >= 15 is 0 Å². The number of amides is 2. The molecule has 0 fully saturated rings. The molecule has 0 radical (unpaired) electrons. The van der Waals surface area contributed by atoms with E-state index in [1.54, 1.807) is 19.9 Å². The van der Waals surface area contributed by atoms with Crippen LogP contribution < -0.4 is 10.6 Å². The molecule has 1 aromatic carbocycles. The Morgan fingerprint density at radius 2 is 1.89 bits per heavy atom. The van der Waals surface area contributed by atoms with E-state index in [1.165, 1.54) is 41.8 Å². The lowest BCUT2D eigenvalue weighted by atomic mass is 10.2. The lowest BCUT2D eigenvalue weighted by molar-refractivity contribution is -0.117. The quantitative estimate of drug-likeness (QED) is 0.673. The van der Waals surface area contributed by atoms with Crippen molar-refractivity contribution >= 4 is 39.1 Å². The first kappa shape index (κ1) is 21.9. The monoisotopic (exact) mass is 427 g/mol. The maximum atomic E-state index is 12.7. The van der Waals surface area contributed by atoms with Gasteiger partial charge in [-0.1, -0.05) is 25.4 Å². The molecular weight excluding hydrogens is 406 g/mol. The minimum absolute atomic E-state index is 0.0593. The number of nitrogens with one attached hydrogen (secondary N) is 2. The van der Waals surface area contributed by atoms with Gasteiger partial charge in [0.1, 0.15) is 10.9 Å². The molecule has 2 N–H and O–H groups in total. The molecule has 8 nitrogen and oxygen atoms in total. The number of hydrogen-bond donors (Lipinski definition) is 2. The van der Waals surface area contributed by atoms with Gasteiger partial charge in [-0.3, -0.25) is 9.59 Å². The second kappa shape index (κ2) is 9.22. The SMILES string of the molecule is CCN(CC)S(=O)(=O)c1cc(NC(=O)[C@@H](C)NC(=O)c2ccco2)ccc1Cl. The second-order valence-corrected chi connectivity index (χ2v) is 8.21. The Morgan fingerprint density at radius 1 is 1.21 bits per heavy atom. The smallest absolute Gasteiger partial charge is 0.287 e. The summed E-state index contributed by atoms with van der Waals surface area (Å²) in [5, 5.41) is 5.14. The maximum absolute atomic E-state index is 12.7. The molecule has 2 aromatic rings. The largest absolute Gasteiger partial charge is 0.459 e. The fraction of sp³-hybridized carbons (Fsp3) is 0.333. The lowest BCUT2D eigenvalue weighted by Gasteiger charge is -2.20. The van der Waals surface area contributed by atoms with Gasteiger partial charge in [-0.05, 0) is 37.3 Å². The zero-order valence-electron chi connectivity index (χ0n) is 15.7. The van der Waals surface area contributed by atoms with Crippen LogP contribution >= 0.6 is 11.6 Å². The third-order valence-corrected chi connectivity index (χ3v) is 6.54. The second-order valence-electron chi connectivity index (χ2n) is 5.90. The van der Waals surface area contributed by atoms with Crippen molar-refractivity contribution in [3.05, 3.63) is 47.4 Å². The highest BCUT2D eigenvalue weighted by molar-refractivity contribution is 7.89. The predicted octanol–water partition coefficient (Wildman–Crippen LogP) is 2.72. The van der Waals surface area contributed by atoms with E-state index in [4.69, 9.17) is 16.0 Å². The van der Waals surface area contributed by atoms with Gasteiger partial charge >= 0.3 is 0 Å². The van der Waals surface area contributed by atoms with E-state index in [0.29, 0.717) is 13.1 Å². The first-order valence-corrected chi connectivity index (χ1v) is 10.5. The average molecular weight is 428 g/mol. The summed E-state index contributed by atoms with van der Waals surface area (Å²) in [6.07, 6.45) is 1.35. The molecule has 0 unspecified atom stereocenters. The first-order valence-electron chi connectivity index (χ1n) is 8.65. The number of halogens is 1. The molecule has 1 atom stereocenters. The molecule has 0 saturated carbocycles. The molecule has 1 heterocycles. The summed E-state index contributed by atoms with van der Waals surface area (Å²) < 4.78 is 31.7. The van der Waals surface area contributed by atoms with Crippen LogP contribution in [0.5, 0.6) is 0 Å². The molecule has 1 aromatic heterocycles. The summed E-state index contributed by atoms with van der Waals surface area (Å²) in [7, 11) is -3.79. The zero-order valence-corrected chi connectivity index (χ0v) is 17.3. The Balaban J connectivity index is 2.16. The van der Waals surface area contributed by atoms with Crippen molar-refractivity contribution in [2.24, 2.45) is 0 Å². The van der Waals surface area contributed by atoms with E-state index in [1.807, 2.05) is 0 Å². The number of benzene rings is 1. The number of anilines is 1. The number of hydrogen-bond acceptors (Lipinski definition) is 5. The van der Waals surface area contributed by atoms with Crippen molar-refractivity contribution in [3.8, 4) is 0 Å². The maximum Gasteiger partial charge on any atom is 0.287 e. The van der Waals surface area contributed by atoms with Crippen LogP contribution in [0.1, 0.15) is 31.3 Å². The fourth-order valence-corrected chi connectivity index (χ4v) is 4.43. The number of sulfonamides is 1. The van der Waals surface area contributed by atoms with Crippen molar-refractivity contribution in [2.45, 2.75) is 31.7 Å². The van der Waals surface area contributed by atoms with Crippen molar-refractivity contribution in [1.82, 2.24) is 9.62 Å². The van der Waals surface area contributed by atoms with Crippen LogP contribution in [0.4, 0.5) is 5.69 Å². The van der Waals surface area contributed by atoms with Gasteiger partial charge in [0.2, 0.25) is 15.9 Å². The molecule has 0 saturated heterocycles. The highest BCUT2D eigenvalue weighted by Crippen LogP contribution is 2.27. The average Bonchev–Trinajstić information content (AvgIpc) is 3.18. The number of carbonyl (C=O) groups is 2. The molecule has 10 heteroatoms. The van der Waals surface area contributed by atoms with Gasteiger partial charge in [0.05, 0.1) is 11.3 Å². The molecule has 0 aliphatic heterocycles. The van der Waals surface area contributed by atoms with Gasteiger partial charge < -0.3 is 15.1 Å². The van der Waals surface area contributed by atoms with E-state index in [9.17, 15) is 18.0 Å². The Morgan fingerprint density at radius 3 is 2.46 bits per heavy atom. The molecule has 0 aliphatic carbocycles. The van der Waals surface area contributed by atoms with Crippen LogP contribution in [0.2, 0.25) is 5.02 Å². The number of nitrogens with zero attached hydrogens (tertiary/aromatic N) is 1. The summed E-state index contributed by atoms with van der Waals surface area (Å²) >= 11 is 6.08. The number of furan rings is 1. The zero-order chi connectivity index (χ0) is 20.9. The van der Waals surface area contributed by atoms with E-state index in [-0.39, 0.29) is 21.4 Å². The first-order chi connectivity index (χ1) is 13.2. The van der Waals surface area contributed by atoms with Gasteiger partial charge in [0.15, 0.2) is 5.76 Å². The van der Waals surface area contributed by atoms with E-state index < -0.39 is 27.9 Å². The van der Waals surface area contributed by atoms with Crippen LogP contribution in [-0.2, 0) is 14.8 Å². The van der Waals surface area contributed by atoms with Gasteiger partial charge in [-0.2, -0.15) is 4.31 Å². The number of rotatable bonds is 8. The van der Waals surface area contributed by atoms with Crippen LogP contribution in [-0.4, -0.2) is 43.7 Å². The third-order valence-electron chi connectivity index (χ3n) is 4.01. The summed E-state index contributed by atoms with van der Waals surface area (Å²) in [5.41, 5.74) is 0.249. The van der Waals surface area contributed by atoms with Crippen molar-refractivity contribution in [1.29, 1.82) is 0 Å². The minimum atomic E-state index is -3.79. The summed E-state index contributed by atoms with van der Waals surface area (Å²) in [6.45, 7) is 5.54. The van der Waals surface area contributed by atoms with Crippen LogP contribution in [0.25, 0.3) is 0 Å². The van der Waals surface area contributed by atoms with Gasteiger partial charge in [0.25, 0.3) is 5.91 Å². The molecule has 2 amide bonds. The molecule has 0 aliphatic rings. The highest BCUT2D eigenvalue weighted by Gasteiger charge is 2.25. The van der Waals surface area contributed by atoms with E-state index in [0.717, 1.165) is 0 Å². The van der Waals surface area contributed by atoms with Crippen molar-refractivity contribution in [2.75, 3.05) is 18.4 Å². The van der Waals surface area contributed by atoms with Crippen molar-refractivity contribution < 1.29 is 22.4 Å². The van der Waals surface area contributed by atoms with Crippen LogP contribution in [0.3, 0.4) is 0 Å². The summed E-state index contributed by atoms with van der Waals surface area (Å²) in [5.74, 6) is -0.972. The Hall–Kier alpha value is -2.36. The number of carbonyl (C=O) groups excluding carboxylic acids is 2. The molecule has 2 rings (SSSR count). The molecule has 0 spiro atoms. The predicted molar refractivity (Wildman–Crippen MR) is 106 cm³/mol. The standard InChI is InChI=1S/C18H22ClN3O5S/c1-4-22(5-2)28(25,26)16-11-13(8-9-14(16)19)21-17(23)12(3)20-18(24)15-7-6-10-27-15/h6-12H,4-5H2,1-3H3,(H,20,24)(H,21,23)/t12-/m1/s1. The third kappa shape index (κ3) is 4.92. The normalized spacial score (nSPS) is 12.6. The Labute approximate surface area is 168 Å². The molecule has 28 heavy (non-hydrogen) atoms. The Kier molecular flexibility index (Phi) is 7.22. The summed E-state index contributed by atoms with van der Waals surface area (Å²) in [6, 6.07) is 6.35. The van der Waals surface area contributed by atoms with Gasteiger partial charge in [-0.15, -0.1) is 0 Å². The highest BCUT2D eigenvalue weighted by atomic mass is 35.5. The van der Waals surface area contributed by atoms with Crippen molar-refractivity contribution in [3.63, 3.8) is 0 Å². The molecule has 152 valence electrons.